The first-order chi connectivity index (χ1) is 6.65. The van der Waals surface area contributed by atoms with Crippen LogP contribution in [0.15, 0.2) is 24.3 Å². The zero-order chi connectivity index (χ0) is 10.6. The maximum Gasteiger partial charge on any atom is 0.0606 e. The Morgan fingerprint density at radius 2 is 2.14 bits per heavy atom. The molecule has 0 fully saturated rings. The van der Waals surface area contributed by atoms with Gasteiger partial charge in [-0.15, -0.1) is 0 Å². The van der Waals surface area contributed by atoms with Crippen molar-refractivity contribution in [3.8, 4) is 0 Å². The van der Waals surface area contributed by atoms with Crippen LogP contribution in [0.3, 0.4) is 0 Å². The first-order valence-electron chi connectivity index (χ1n) is 5.08. The highest BCUT2D eigenvalue weighted by Gasteiger charge is 2.15. The van der Waals surface area contributed by atoms with E-state index in [0.717, 1.165) is 23.4 Å². The standard InChI is InChI=1S/C12H17ClO/c1-3-5-12(14)9(2)10-6-4-7-11(13)8-10/h4,6-9,12,14H,3,5H2,1-2H3/t9?,12-/m1/s1. The first kappa shape index (κ1) is 11.5. The van der Waals surface area contributed by atoms with E-state index < -0.39 is 0 Å². The minimum atomic E-state index is -0.265. The molecule has 0 aromatic heterocycles. The molecule has 0 amide bonds. The highest BCUT2D eigenvalue weighted by atomic mass is 35.5. The molecule has 2 heteroatoms. The fraction of sp³-hybridized carbons (Fsp3) is 0.500. The monoisotopic (exact) mass is 212 g/mol. The summed E-state index contributed by atoms with van der Waals surface area (Å²) in [5, 5.41) is 10.6. The van der Waals surface area contributed by atoms with E-state index in [2.05, 4.69) is 6.92 Å². The van der Waals surface area contributed by atoms with Crippen molar-refractivity contribution in [2.75, 3.05) is 0 Å². The van der Waals surface area contributed by atoms with E-state index >= 15 is 0 Å². The second-order valence-corrected chi connectivity index (χ2v) is 4.14. The molecule has 0 aliphatic carbocycles. The van der Waals surface area contributed by atoms with Crippen LogP contribution in [0.4, 0.5) is 0 Å². The molecule has 14 heavy (non-hydrogen) atoms. The van der Waals surface area contributed by atoms with Crippen LogP contribution in [0.25, 0.3) is 0 Å². The third-order valence-electron chi connectivity index (χ3n) is 2.54. The molecule has 0 saturated heterocycles. The molecule has 1 N–H and O–H groups in total. The third-order valence-corrected chi connectivity index (χ3v) is 2.77. The molecular formula is C12H17ClO. The number of hydrogen-bond acceptors (Lipinski definition) is 1. The molecule has 2 atom stereocenters. The predicted octanol–water partition coefficient (Wildman–Crippen LogP) is 3.60. The molecule has 1 aromatic carbocycles. The predicted molar refractivity (Wildman–Crippen MR) is 60.8 cm³/mol. The molecule has 1 aromatic rings. The van der Waals surface area contributed by atoms with Crippen molar-refractivity contribution >= 4 is 11.6 Å². The summed E-state index contributed by atoms with van der Waals surface area (Å²) in [6, 6.07) is 7.71. The number of aliphatic hydroxyl groups is 1. The highest BCUT2D eigenvalue weighted by Crippen LogP contribution is 2.24. The second kappa shape index (κ2) is 5.38. The summed E-state index contributed by atoms with van der Waals surface area (Å²) in [6.07, 6.45) is 1.58. The molecule has 0 saturated carbocycles. The summed E-state index contributed by atoms with van der Waals surface area (Å²) < 4.78 is 0. The minimum Gasteiger partial charge on any atom is -0.393 e. The molecule has 1 rings (SSSR count). The van der Waals surface area contributed by atoms with E-state index in [1.54, 1.807) is 0 Å². The third kappa shape index (κ3) is 3.00. The first-order valence-corrected chi connectivity index (χ1v) is 5.46. The summed E-state index contributed by atoms with van der Waals surface area (Å²) in [5.74, 6) is 0.161. The second-order valence-electron chi connectivity index (χ2n) is 3.70. The highest BCUT2D eigenvalue weighted by molar-refractivity contribution is 6.30. The van der Waals surface area contributed by atoms with Crippen LogP contribution in [0.1, 0.15) is 38.2 Å². The van der Waals surface area contributed by atoms with Gasteiger partial charge in [0.15, 0.2) is 0 Å². The average Bonchev–Trinajstić information content (AvgIpc) is 2.17. The van der Waals surface area contributed by atoms with Gasteiger partial charge in [-0.1, -0.05) is 44.0 Å². The zero-order valence-electron chi connectivity index (χ0n) is 8.70. The van der Waals surface area contributed by atoms with Crippen LogP contribution in [-0.4, -0.2) is 11.2 Å². The van der Waals surface area contributed by atoms with Crippen LogP contribution >= 0.6 is 11.6 Å². The molecule has 78 valence electrons. The molecule has 0 radical (unpaired) electrons. The zero-order valence-corrected chi connectivity index (χ0v) is 9.46. The number of hydrogen-bond donors (Lipinski definition) is 1. The van der Waals surface area contributed by atoms with Gasteiger partial charge >= 0.3 is 0 Å². The van der Waals surface area contributed by atoms with Gasteiger partial charge in [-0.3, -0.25) is 0 Å². The molecule has 0 bridgehead atoms. The Kier molecular flexibility index (Phi) is 4.43. The number of halogens is 1. The van der Waals surface area contributed by atoms with Gasteiger partial charge in [0, 0.05) is 10.9 Å². The summed E-state index contributed by atoms with van der Waals surface area (Å²) in [5.41, 5.74) is 1.11. The number of benzene rings is 1. The smallest absolute Gasteiger partial charge is 0.0606 e. The van der Waals surface area contributed by atoms with Crippen molar-refractivity contribution in [2.24, 2.45) is 0 Å². The van der Waals surface area contributed by atoms with Crippen LogP contribution in [0, 0.1) is 0 Å². The van der Waals surface area contributed by atoms with E-state index in [0.29, 0.717) is 0 Å². The van der Waals surface area contributed by atoms with Crippen molar-refractivity contribution in [1.82, 2.24) is 0 Å². The molecule has 0 heterocycles. The molecule has 1 nitrogen and oxygen atoms in total. The Balaban J connectivity index is 2.73. The minimum absolute atomic E-state index is 0.161. The molecule has 0 spiro atoms. The van der Waals surface area contributed by atoms with Crippen molar-refractivity contribution in [2.45, 2.75) is 38.7 Å². The van der Waals surface area contributed by atoms with Crippen molar-refractivity contribution < 1.29 is 5.11 Å². The van der Waals surface area contributed by atoms with Crippen LogP contribution in [0.2, 0.25) is 5.02 Å². The van der Waals surface area contributed by atoms with Gasteiger partial charge in [0.1, 0.15) is 0 Å². The van der Waals surface area contributed by atoms with Crippen molar-refractivity contribution in [1.29, 1.82) is 0 Å². The van der Waals surface area contributed by atoms with E-state index in [1.165, 1.54) is 0 Å². The lowest BCUT2D eigenvalue weighted by Crippen LogP contribution is -2.15. The maximum absolute atomic E-state index is 9.82. The number of rotatable bonds is 4. The van der Waals surface area contributed by atoms with E-state index in [4.69, 9.17) is 11.6 Å². The number of aliphatic hydroxyl groups excluding tert-OH is 1. The Labute approximate surface area is 90.7 Å². The lowest BCUT2D eigenvalue weighted by atomic mass is 9.93. The average molecular weight is 213 g/mol. The van der Waals surface area contributed by atoms with E-state index in [1.807, 2.05) is 31.2 Å². The van der Waals surface area contributed by atoms with E-state index in [9.17, 15) is 5.11 Å². The van der Waals surface area contributed by atoms with Crippen molar-refractivity contribution in [3.05, 3.63) is 34.9 Å². The van der Waals surface area contributed by atoms with Gasteiger partial charge in [-0.2, -0.15) is 0 Å². The quantitative estimate of drug-likeness (QED) is 0.809. The topological polar surface area (TPSA) is 20.2 Å². The Bertz CT molecular complexity index is 285. The lowest BCUT2D eigenvalue weighted by molar-refractivity contribution is 0.139. The van der Waals surface area contributed by atoms with Gasteiger partial charge in [-0.05, 0) is 24.1 Å². The van der Waals surface area contributed by atoms with Crippen LogP contribution < -0.4 is 0 Å². The summed E-state index contributed by atoms with van der Waals surface area (Å²) in [4.78, 5) is 0. The normalized spacial score (nSPS) is 15.1. The van der Waals surface area contributed by atoms with Gasteiger partial charge in [0.2, 0.25) is 0 Å². The summed E-state index contributed by atoms with van der Waals surface area (Å²) in [7, 11) is 0. The molecule has 0 aliphatic heterocycles. The van der Waals surface area contributed by atoms with Crippen LogP contribution in [-0.2, 0) is 0 Å². The fourth-order valence-corrected chi connectivity index (χ4v) is 1.76. The van der Waals surface area contributed by atoms with Gasteiger partial charge < -0.3 is 5.11 Å². The van der Waals surface area contributed by atoms with Crippen LogP contribution in [0.5, 0.6) is 0 Å². The maximum atomic E-state index is 9.82. The Morgan fingerprint density at radius 3 is 2.71 bits per heavy atom. The van der Waals surface area contributed by atoms with Crippen molar-refractivity contribution in [3.63, 3.8) is 0 Å². The largest absolute Gasteiger partial charge is 0.393 e. The molecular weight excluding hydrogens is 196 g/mol. The molecule has 1 unspecified atom stereocenters. The fourth-order valence-electron chi connectivity index (χ4n) is 1.56. The lowest BCUT2D eigenvalue weighted by Gasteiger charge is -2.18. The summed E-state index contributed by atoms with van der Waals surface area (Å²) >= 11 is 5.89. The SMILES string of the molecule is CCC[C@@H](O)C(C)c1cccc(Cl)c1. The molecule has 0 aliphatic rings. The van der Waals surface area contributed by atoms with Gasteiger partial charge in [-0.25, -0.2) is 0 Å². The van der Waals surface area contributed by atoms with Gasteiger partial charge in [0.25, 0.3) is 0 Å². The van der Waals surface area contributed by atoms with Gasteiger partial charge in [0.05, 0.1) is 6.10 Å². The summed E-state index contributed by atoms with van der Waals surface area (Å²) in [6.45, 7) is 4.11. The Morgan fingerprint density at radius 1 is 1.43 bits per heavy atom. The Hall–Kier alpha value is -0.530. The van der Waals surface area contributed by atoms with E-state index in [-0.39, 0.29) is 12.0 Å².